The molecule has 0 heterocycles. The van der Waals surface area contributed by atoms with Crippen molar-refractivity contribution >= 4 is 11.8 Å². The largest absolute Gasteiger partial charge is 0.496 e. The van der Waals surface area contributed by atoms with Gasteiger partial charge in [-0.2, -0.15) is 0 Å². The normalized spacial score (nSPS) is 11.7. The number of benzene rings is 2. The quantitative estimate of drug-likeness (QED) is 0.822. The third kappa shape index (κ3) is 4.97. The summed E-state index contributed by atoms with van der Waals surface area (Å²) in [4.78, 5) is 13.9. The number of amides is 1. The molecule has 5 nitrogen and oxygen atoms in total. The van der Waals surface area contributed by atoms with Gasteiger partial charge in [0.25, 0.3) is 0 Å². The van der Waals surface area contributed by atoms with Gasteiger partial charge in [0.1, 0.15) is 5.75 Å². The van der Waals surface area contributed by atoms with Crippen LogP contribution in [0, 0.1) is 6.92 Å². The molecule has 1 N–H and O–H groups in total. The molecule has 0 aliphatic carbocycles. The highest BCUT2D eigenvalue weighted by Crippen LogP contribution is 2.26. The van der Waals surface area contributed by atoms with Crippen LogP contribution >= 0.6 is 0 Å². The number of hydrogen-bond acceptors (Lipinski definition) is 4. The van der Waals surface area contributed by atoms with Crippen LogP contribution in [0.5, 0.6) is 5.75 Å². The van der Waals surface area contributed by atoms with Crippen LogP contribution in [0.3, 0.4) is 0 Å². The van der Waals surface area contributed by atoms with Gasteiger partial charge in [0.2, 0.25) is 0 Å². The second-order valence-electron chi connectivity index (χ2n) is 5.72. The minimum atomic E-state index is -0.641. The van der Waals surface area contributed by atoms with Gasteiger partial charge in [-0.1, -0.05) is 30.3 Å². The van der Waals surface area contributed by atoms with E-state index in [1.807, 2.05) is 55.5 Å². The van der Waals surface area contributed by atoms with Gasteiger partial charge in [0, 0.05) is 12.2 Å². The number of aryl methyl sites for hydroxylation is 1. The Labute approximate surface area is 148 Å². The monoisotopic (exact) mass is 343 g/mol. The number of carbonyl (C=O) groups excluding carboxylic acids is 1. The lowest BCUT2D eigenvalue weighted by atomic mass is 10.1. The summed E-state index contributed by atoms with van der Waals surface area (Å²) < 4.78 is 10.4. The van der Waals surface area contributed by atoms with Crippen LogP contribution in [-0.2, 0) is 4.74 Å². The molecule has 0 aromatic heterocycles. The van der Waals surface area contributed by atoms with E-state index in [2.05, 4.69) is 0 Å². The fourth-order valence-corrected chi connectivity index (χ4v) is 2.65. The second-order valence-corrected chi connectivity index (χ2v) is 5.72. The van der Waals surface area contributed by atoms with Crippen LogP contribution in [0.4, 0.5) is 10.5 Å². The summed E-state index contributed by atoms with van der Waals surface area (Å²) >= 11 is 0. The van der Waals surface area contributed by atoms with Crippen molar-refractivity contribution in [1.82, 2.24) is 0 Å². The summed E-state index contributed by atoms with van der Waals surface area (Å²) in [6.45, 7) is 4.34. The van der Waals surface area contributed by atoms with Gasteiger partial charge in [-0.15, -0.1) is 0 Å². The molecule has 25 heavy (non-hydrogen) atoms. The first-order chi connectivity index (χ1) is 12.1. The zero-order valence-electron chi connectivity index (χ0n) is 14.9. The molecule has 0 saturated heterocycles. The van der Waals surface area contributed by atoms with Gasteiger partial charge in [-0.05, 0) is 49.6 Å². The fourth-order valence-electron chi connectivity index (χ4n) is 2.65. The van der Waals surface area contributed by atoms with E-state index in [4.69, 9.17) is 9.47 Å². The molecular weight excluding hydrogens is 318 g/mol. The van der Waals surface area contributed by atoms with Gasteiger partial charge in [0.15, 0.2) is 0 Å². The molecule has 1 atom stereocenters. The van der Waals surface area contributed by atoms with Crippen molar-refractivity contribution in [2.45, 2.75) is 26.4 Å². The third-order valence-electron chi connectivity index (χ3n) is 3.99. The number of aliphatic hydroxyl groups excluding tert-OH is 1. The van der Waals surface area contributed by atoms with Crippen LogP contribution in [0.15, 0.2) is 48.5 Å². The minimum absolute atomic E-state index is 0.297. The molecule has 1 amide bonds. The molecule has 0 radical (unpaired) electrons. The average molecular weight is 343 g/mol. The summed E-state index contributed by atoms with van der Waals surface area (Å²) in [5.74, 6) is 0.761. The highest BCUT2D eigenvalue weighted by molar-refractivity contribution is 5.87. The number of hydrogen-bond donors (Lipinski definition) is 1. The lowest BCUT2D eigenvalue weighted by molar-refractivity contribution is 0.152. The van der Waals surface area contributed by atoms with Gasteiger partial charge in [-0.3, -0.25) is 4.90 Å². The van der Waals surface area contributed by atoms with E-state index in [9.17, 15) is 9.90 Å². The van der Waals surface area contributed by atoms with Crippen molar-refractivity contribution in [3.8, 4) is 5.75 Å². The van der Waals surface area contributed by atoms with Gasteiger partial charge < -0.3 is 14.6 Å². The Morgan fingerprint density at radius 1 is 1.20 bits per heavy atom. The molecule has 0 fully saturated rings. The molecule has 0 aliphatic heterocycles. The molecule has 0 saturated carbocycles. The second kappa shape index (κ2) is 9.08. The predicted octanol–water partition coefficient (Wildman–Crippen LogP) is 4.09. The molecule has 0 aliphatic rings. The Morgan fingerprint density at radius 3 is 2.52 bits per heavy atom. The van der Waals surface area contributed by atoms with Crippen LogP contribution in [0.25, 0.3) is 0 Å². The first-order valence-corrected chi connectivity index (χ1v) is 8.38. The Bertz CT molecular complexity index is 687. The Morgan fingerprint density at radius 2 is 1.92 bits per heavy atom. The third-order valence-corrected chi connectivity index (χ3v) is 3.99. The van der Waals surface area contributed by atoms with E-state index in [1.54, 1.807) is 18.9 Å². The summed E-state index contributed by atoms with van der Waals surface area (Å²) in [5.41, 5.74) is 2.48. The maximum atomic E-state index is 12.3. The van der Waals surface area contributed by atoms with Gasteiger partial charge in [0.05, 0.1) is 19.8 Å². The summed E-state index contributed by atoms with van der Waals surface area (Å²) in [7, 11) is 1.61. The van der Waals surface area contributed by atoms with Crippen LogP contribution in [0.2, 0.25) is 0 Å². The van der Waals surface area contributed by atoms with E-state index in [0.29, 0.717) is 19.6 Å². The number of carbonyl (C=O) groups is 1. The first kappa shape index (κ1) is 18.8. The molecule has 0 spiro atoms. The van der Waals surface area contributed by atoms with E-state index < -0.39 is 12.2 Å². The molecule has 2 aromatic carbocycles. The van der Waals surface area contributed by atoms with Crippen LogP contribution in [0.1, 0.15) is 30.6 Å². The number of rotatable bonds is 7. The zero-order valence-corrected chi connectivity index (χ0v) is 14.9. The molecule has 2 rings (SSSR count). The van der Waals surface area contributed by atoms with Crippen molar-refractivity contribution in [2.75, 3.05) is 25.2 Å². The Balaban J connectivity index is 2.16. The van der Waals surface area contributed by atoms with E-state index in [0.717, 1.165) is 22.6 Å². The van der Waals surface area contributed by atoms with E-state index in [-0.39, 0.29) is 0 Å². The average Bonchev–Trinajstić information content (AvgIpc) is 2.63. The standard InChI is InChI=1S/C20H25NO4/c1-4-25-20(23)21(17-10-11-19(24-3)15(2)14-17)13-12-18(22)16-8-6-5-7-9-16/h5-11,14,18,22H,4,12-13H2,1-3H3. The Kier molecular flexibility index (Phi) is 6.83. The van der Waals surface area contributed by atoms with Gasteiger partial charge >= 0.3 is 6.09 Å². The fraction of sp³-hybridized carbons (Fsp3) is 0.350. The smallest absolute Gasteiger partial charge is 0.414 e. The molecular formula is C20H25NO4. The summed E-state index contributed by atoms with van der Waals surface area (Å²) in [6, 6.07) is 14.9. The van der Waals surface area contributed by atoms with E-state index in [1.165, 1.54) is 0 Å². The molecule has 5 heteroatoms. The lowest BCUT2D eigenvalue weighted by Crippen LogP contribution is -2.33. The molecule has 1 unspecified atom stereocenters. The minimum Gasteiger partial charge on any atom is -0.496 e. The molecule has 2 aromatic rings. The highest BCUT2D eigenvalue weighted by atomic mass is 16.6. The Hall–Kier alpha value is -2.53. The summed E-state index contributed by atoms with van der Waals surface area (Å²) in [6.07, 6.45) is -0.654. The summed E-state index contributed by atoms with van der Waals surface area (Å²) in [5, 5.41) is 10.4. The highest BCUT2D eigenvalue weighted by Gasteiger charge is 2.19. The maximum Gasteiger partial charge on any atom is 0.414 e. The zero-order chi connectivity index (χ0) is 18.2. The molecule has 0 bridgehead atoms. The topological polar surface area (TPSA) is 59.0 Å². The molecule has 134 valence electrons. The SMILES string of the molecule is CCOC(=O)N(CCC(O)c1ccccc1)c1ccc(OC)c(C)c1. The van der Waals surface area contributed by atoms with Crippen molar-refractivity contribution < 1.29 is 19.4 Å². The number of nitrogens with zero attached hydrogens (tertiary/aromatic N) is 1. The van der Waals surface area contributed by atoms with E-state index >= 15 is 0 Å². The number of aliphatic hydroxyl groups is 1. The van der Waals surface area contributed by atoms with Crippen molar-refractivity contribution in [2.24, 2.45) is 0 Å². The van der Waals surface area contributed by atoms with Crippen molar-refractivity contribution in [3.63, 3.8) is 0 Å². The lowest BCUT2D eigenvalue weighted by Gasteiger charge is -2.24. The van der Waals surface area contributed by atoms with Crippen LogP contribution in [-0.4, -0.2) is 31.5 Å². The van der Waals surface area contributed by atoms with Crippen molar-refractivity contribution in [1.29, 1.82) is 0 Å². The predicted molar refractivity (Wildman–Crippen MR) is 98.1 cm³/mol. The maximum absolute atomic E-state index is 12.3. The van der Waals surface area contributed by atoms with Crippen molar-refractivity contribution in [3.05, 3.63) is 59.7 Å². The first-order valence-electron chi connectivity index (χ1n) is 8.38. The number of ether oxygens (including phenoxy) is 2. The van der Waals surface area contributed by atoms with Gasteiger partial charge in [-0.25, -0.2) is 4.79 Å². The van der Waals surface area contributed by atoms with Crippen LogP contribution < -0.4 is 9.64 Å². The number of methoxy groups -OCH3 is 1. The number of anilines is 1.